The van der Waals surface area contributed by atoms with Crippen molar-refractivity contribution >= 4 is 39.1 Å². The molecule has 2 aromatic carbocycles. The van der Waals surface area contributed by atoms with Gasteiger partial charge in [0.1, 0.15) is 12.6 Å². The van der Waals surface area contributed by atoms with Crippen LogP contribution in [0.4, 0.5) is 5.69 Å². The van der Waals surface area contributed by atoms with Crippen LogP contribution in [-0.4, -0.2) is 50.5 Å². The molecule has 9 heteroatoms. The normalized spacial score (nSPS) is 12.2. The molecule has 0 aromatic heterocycles. The molecular weight excluding hydrogens is 462 g/mol. The molecule has 0 saturated carbocycles. The molecule has 1 atom stereocenters. The van der Waals surface area contributed by atoms with Gasteiger partial charge in [0.25, 0.3) is 0 Å². The average Bonchev–Trinajstić information content (AvgIpc) is 2.76. The van der Waals surface area contributed by atoms with Crippen molar-refractivity contribution < 1.29 is 18.0 Å². The topological polar surface area (TPSA) is 86.8 Å². The monoisotopic (exact) mass is 493 g/mol. The van der Waals surface area contributed by atoms with Crippen molar-refractivity contribution in [1.82, 2.24) is 10.2 Å². The number of hydrogen-bond donors (Lipinski definition) is 1. The zero-order chi connectivity index (χ0) is 24.8. The molecule has 0 spiro atoms. The number of nitrogens with one attached hydrogen (secondary N) is 1. The van der Waals surface area contributed by atoms with Crippen LogP contribution in [0, 0.1) is 13.8 Å². The van der Waals surface area contributed by atoms with E-state index in [0.29, 0.717) is 22.8 Å². The van der Waals surface area contributed by atoms with Gasteiger partial charge in [-0.1, -0.05) is 54.4 Å². The van der Waals surface area contributed by atoms with Gasteiger partial charge in [-0.15, -0.1) is 0 Å². The third-order valence-corrected chi connectivity index (χ3v) is 6.91. The number of nitrogens with zero attached hydrogens (tertiary/aromatic N) is 2. The fraction of sp³-hybridized carbons (Fsp3) is 0.417. The molecule has 0 aliphatic rings. The molecule has 2 amide bonds. The predicted octanol–water partition coefficient (Wildman–Crippen LogP) is 3.67. The standard InChI is InChI=1S/C24H32ClN3O4S/c1-6-14-26-24(30)19(4)27(15-20-12-10-17(2)11-13-20)23(29)16-28(33(5,31)32)22-9-7-8-21(25)18(22)3/h7-13,19H,6,14-16H2,1-5H3,(H,26,30)/t19-/m1/s1. The summed E-state index contributed by atoms with van der Waals surface area (Å²) >= 11 is 6.20. The predicted molar refractivity (Wildman–Crippen MR) is 133 cm³/mol. The van der Waals surface area contributed by atoms with E-state index in [4.69, 9.17) is 11.6 Å². The second-order valence-electron chi connectivity index (χ2n) is 8.13. The van der Waals surface area contributed by atoms with Gasteiger partial charge in [-0.05, 0) is 50.5 Å². The van der Waals surface area contributed by atoms with Crippen LogP contribution in [0.2, 0.25) is 5.02 Å². The first kappa shape index (κ1) is 26.7. The maximum atomic E-state index is 13.5. The number of carbonyl (C=O) groups is 2. The minimum atomic E-state index is -3.80. The molecule has 0 heterocycles. The number of sulfonamides is 1. The van der Waals surface area contributed by atoms with Crippen molar-refractivity contribution in [1.29, 1.82) is 0 Å². The van der Waals surface area contributed by atoms with Gasteiger partial charge in [-0.3, -0.25) is 13.9 Å². The summed E-state index contributed by atoms with van der Waals surface area (Å²) in [5.41, 5.74) is 2.80. The molecule has 0 aliphatic carbocycles. The Bertz CT molecular complexity index is 1090. The Hall–Kier alpha value is -2.58. The van der Waals surface area contributed by atoms with Crippen molar-refractivity contribution in [2.24, 2.45) is 0 Å². The highest BCUT2D eigenvalue weighted by atomic mass is 35.5. The Balaban J connectivity index is 2.40. The Kier molecular flexibility index (Phi) is 9.31. The third kappa shape index (κ3) is 7.20. The van der Waals surface area contributed by atoms with Crippen LogP contribution in [-0.2, 0) is 26.2 Å². The van der Waals surface area contributed by atoms with Gasteiger partial charge in [0, 0.05) is 18.1 Å². The average molecular weight is 494 g/mol. The van der Waals surface area contributed by atoms with E-state index in [2.05, 4.69) is 5.32 Å². The first-order valence-corrected chi connectivity index (χ1v) is 13.0. The quantitative estimate of drug-likeness (QED) is 0.547. The van der Waals surface area contributed by atoms with E-state index in [1.54, 1.807) is 32.0 Å². The molecule has 7 nitrogen and oxygen atoms in total. The molecule has 0 radical (unpaired) electrons. The van der Waals surface area contributed by atoms with Crippen molar-refractivity contribution in [2.45, 2.75) is 46.7 Å². The summed E-state index contributed by atoms with van der Waals surface area (Å²) in [5.74, 6) is -0.776. The smallest absolute Gasteiger partial charge is 0.244 e. The Labute approximate surface area is 201 Å². The number of rotatable bonds is 10. The number of halogens is 1. The molecule has 33 heavy (non-hydrogen) atoms. The Morgan fingerprint density at radius 1 is 1.09 bits per heavy atom. The van der Waals surface area contributed by atoms with Crippen molar-refractivity contribution in [3.8, 4) is 0 Å². The molecule has 2 rings (SSSR count). The molecule has 0 unspecified atom stereocenters. The van der Waals surface area contributed by atoms with Gasteiger partial charge in [0.2, 0.25) is 21.8 Å². The largest absolute Gasteiger partial charge is 0.354 e. The fourth-order valence-corrected chi connectivity index (χ4v) is 4.40. The lowest BCUT2D eigenvalue weighted by atomic mass is 10.1. The van der Waals surface area contributed by atoms with Crippen LogP contribution in [0.3, 0.4) is 0 Å². The first-order chi connectivity index (χ1) is 15.5. The molecule has 0 fully saturated rings. The zero-order valence-corrected chi connectivity index (χ0v) is 21.3. The second-order valence-corrected chi connectivity index (χ2v) is 10.4. The van der Waals surface area contributed by atoms with Crippen molar-refractivity contribution in [2.75, 3.05) is 23.7 Å². The van der Waals surface area contributed by atoms with E-state index in [-0.39, 0.29) is 12.5 Å². The molecule has 0 bridgehead atoms. The molecule has 2 aromatic rings. The minimum absolute atomic E-state index is 0.173. The lowest BCUT2D eigenvalue weighted by Gasteiger charge is -2.32. The van der Waals surface area contributed by atoms with Gasteiger partial charge < -0.3 is 10.2 Å². The Morgan fingerprint density at radius 3 is 2.30 bits per heavy atom. The lowest BCUT2D eigenvalue weighted by Crippen LogP contribution is -2.51. The van der Waals surface area contributed by atoms with Crippen LogP contribution in [0.1, 0.15) is 37.0 Å². The number of carbonyl (C=O) groups excluding carboxylic acids is 2. The maximum absolute atomic E-state index is 13.5. The number of aryl methyl sites for hydroxylation is 1. The zero-order valence-electron chi connectivity index (χ0n) is 19.8. The van der Waals surface area contributed by atoms with Crippen LogP contribution in [0.15, 0.2) is 42.5 Å². The van der Waals surface area contributed by atoms with E-state index in [1.807, 2.05) is 38.1 Å². The number of anilines is 1. The number of amides is 2. The fourth-order valence-electron chi connectivity index (χ4n) is 3.33. The number of hydrogen-bond acceptors (Lipinski definition) is 4. The van der Waals surface area contributed by atoms with Crippen LogP contribution in [0.25, 0.3) is 0 Å². The summed E-state index contributed by atoms with van der Waals surface area (Å²) in [6.07, 6.45) is 1.81. The first-order valence-electron chi connectivity index (χ1n) is 10.8. The Morgan fingerprint density at radius 2 is 1.73 bits per heavy atom. The van der Waals surface area contributed by atoms with Gasteiger partial charge in [-0.2, -0.15) is 0 Å². The minimum Gasteiger partial charge on any atom is -0.354 e. The highest BCUT2D eigenvalue weighted by Gasteiger charge is 2.30. The molecule has 1 N–H and O–H groups in total. The molecule has 0 saturated heterocycles. The van der Waals surface area contributed by atoms with Crippen molar-refractivity contribution in [3.05, 3.63) is 64.2 Å². The second kappa shape index (κ2) is 11.5. The third-order valence-electron chi connectivity index (χ3n) is 5.38. The highest BCUT2D eigenvalue weighted by molar-refractivity contribution is 7.92. The summed E-state index contributed by atoms with van der Waals surface area (Å²) in [6.45, 7) is 7.47. The van der Waals surface area contributed by atoms with Gasteiger partial charge >= 0.3 is 0 Å². The summed E-state index contributed by atoms with van der Waals surface area (Å²) in [7, 11) is -3.80. The highest BCUT2D eigenvalue weighted by Crippen LogP contribution is 2.28. The van der Waals surface area contributed by atoms with E-state index in [0.717, 1.165) is 28.1 Å². The van der Waals surface area contributed by atoms with Crippen molar-refractivity contribution in [3.63, 3.8) is 0 Å². The summed E-state index contributed by atoms with van der Waals surface area (Å²) in [5, 5.41) is 3.21. The number of benzene rings is 2. The molecular formula is C24H32ClN3O4S. The molecule has 0 aliphatic heterocycles. The van der Waals surface area contributed by atoms with Crippen LogP contribution < -0.4 is 9.62 Å². The lowest BCUT2D eigenvalue weighted by molar-refractivity contribution is -0.139. The molecule has 180 valence electrons. The van der Waals surface area contributed by atoms with E-state index >= 15 is 0 Å². The van der Waals surface area contributed by atoms with Gasteiger partial charge in [0.15, 0.2) is 0 Å². The van der Waals surface area contributed by atoms with Gasteiger partial charge in [0.05, 0.1) is 11.9 Å². The van der Waals surface area contributed by atoms with E-state index in [1.165, 1.54) is 4.90 Å². The SMILES string of the molecule is CCCNC(=O)[C@@H](C)N(Cc1ccc(C)cc1)C(=O)CN(c1cccc(Cl)c1C)S(C)(=O)=O. The summed E-state index contributed by atoms with van der Waals surface area (Å²) in [6, 6.07) is 11.8. The van der Waals surface area contributed by atoms with Crippen LogP contribution >= 0.6 is 11.6 Å². The van der Waals surface area contributed by atoms with Gasteiger partial charge in [-0.25, -0.2) is 8.42 Å². The van der Waals surface area contributed by atoms with E-state index < -0.39 is 28.5 Å². The maximum Gasteiger partial charge on any atom is 0.244 e. The van der Waals surface area contributed by atoms with Crippen LogP contribution in [0.5, 0.6) is 0 Å². The summed E-state index contributed by atoms with van der Waals surface area (Å²) in [4.78, 5) is 27.6. The summed E-state index contributed by atoms with van der Waals surface area (Å²) < 4.78 is 26.3. The van der Waals surface area contributed by atoms with E-state index in [9.17, 15) is 18.0 Å².